The lowest BCUT2D eigenvalue weighted by Gasteiger charge is -2.28. The van der Waals surface area contributed by atoms with Gasteiger partial charge in [0.2, 0.25) is 0 Å². The number of phosphoric ester groups is 1. The van der Waals surface area contributed by atoms with E-state index in [1.54, 1.807) is 0 Å². The zero-order valence-electron chi connectivity index (χ0n) is 22.1. The van der Waals surface area contributed by atoms with E-state index in [1.807, 2.05) is 21.1 Å². The second-order valence-corrected chi connectivity index (χ2v) is 11.1. The summed E-state index contributed by atoms with van der Waals surface area (Å²) in [4.78, 5) is 36.3. The van der Waals surface area contributed by atoms with E-state index in [0.29, 0.717) is 17.4 Å². The number of likely N-dealkylation sites (N-methyl/N-ethyl adjacent to an activating group) is 1. The van der Waals surface area contributed by atoms with Crippen molar-refractivity contribution in [2.24, 2.45) is 0 Å². The van der Waals surface area contributed by atoms with Gasteiger partial charge < -0.3 is 27.9 Å². The summed E-state index contributed by atoms with van der Waals surface area (Å²) in [5.74, 6) is -0.867. The molecule has 10 heteroatoms. The molecule has 0 aromatic carbocycles. The quantitative estimate of drug-likeness (QED) is 0.0915. The van der Waals surface area contributed by atoms with E-state index < -0.39 is 32.5 Å². The van der Waals surface area contributed by atoms with Crippen molar-refractivity contribution in [3.8, 4) is 0 Å². The number of nitrogens with zero attached hydrogens (tertiary/aromatic N) is 1. The summed E-state index contributed by atoms with van der Waals surface area (Å²) in [5.41, 5.74) is 0. The third-order valence-corrected chi connectivity index (χ3v) is 6.09. The summed E-state index contributed by atoms with van der Waals surface area (Å²) < 4.78 is 33.0. The van der Waals surface area contributed by atoms with Crippen LogP contribution in [0.25, 0.3) is 0 Å². The number of hydrogen-bond donors (Lipinski definition) is 0. The first kappa shape index (κ1) is 33.0. The van der Waals surface area contributed by atoms with Gasteiger partial charge in [0.1, 0.15) is 19.8 Å². The molecule has 0 aliphatic heterocycles. The Morgan fingerprint density at radius 2 is 1.32 bits per heavy atom. The van der Waals surface area contributed by atoms with Gasteiger partial charge in [0, 0.05) is 12.8 Å². The van der Waals surface area contributed by atoms with Crippen LogP contribution in [0.15, 0.2) is 0 Å². The van der Waals surface area contributed by atoms with Crippen LogP contribution >= 0.6 is 7.82 Å². The lowest BCUT2D eigenvalue weighted by Crippen LogP contribution is -2.37. The number of phosphoric acid groups is 1. The standard InChI is InChI=1S/C24H48NO8P/c1-6-8-10-12-14-16-23(26)30-20-22(33-24(27)17-15-13-11-9-7-2)21-32-34(28,29)31-19-18-25(3,4)5/h22H,6-21H2,1-5H3/t22-/m1/s1. The Kier molecular flexibility index (Phi) is 18.7. The van der Waals surface area contributed by atoms with Crippen molar-refractivity contribution in [2.75, 3.05) is 47.5 Å². The van der Waals surface area contributed by atoms with Crippen LogP contribution < -0.4 is 4.89 Å². The number of ether oxygens (including phenoxy) is 2. The normalized spacial score (nSPS) is 14.4. The third-order valence-electron chi connectivity index (χ3n) is 5.13. The maximum atomic E-state index is 12.2. The van der Waals surface area contributed by atoms with Gasteiger partial charge in [-0.25, -0.2) is 0 Å². The fraction of sp³-hybridized carbons (Fsp3) is 0.917. The molecule has 0 saturated carbocycles. The minimum absolute atomic E-state index is 0.0283. The molecule has 0 aromatic rings. The first-order valence-corrected chi connectivity index (χ1v) is 14.2. The predicted octanol–water partition coefficient (Wildman–Crippen LogP) is 4.37. The zero-order chi connectivity index (χ0) is 25.9. The minimum atomic E-state index is -4.58. The molecule has 0 N–H and O–H groups in total. The molecule has 202 valence electrons. The number of carbonyl (C=O) groups excluding carboxylic acids is 2. The lowest BCUT2D eigenvalue weighted by molar-refractivity contribution is -0.870. The topological polar surface area (TPSA) is 111 Å². The molecular weight excluding hydrogens is 461 g/mol. The molecule has 0 saturated heterocycles. The van der Waals surface area contributed by atoms with E-state index in [2.05, 4.69) is 13.8 Å². The molecule has 0 radical (unpaired) electrons. The second kappa shape index (κ2) is 19.2. The molecular formula is C24H48NO8P. The van der Waals surface area contributed by atoms with E-state index >= 15 is 0 Å². The predicted molar refractivity (Wildman–Crippen MR) is 130 cm³/mol. The minimum Gasteiger partial charge on any atom is -0.756 e. The van der Waals surface area contributed by atoms with Gasteiger partial charge in [-0.1, -0.05) is 65.2 Å². The Morgan fingerprint density at radius 1 is 0.794 bits per heavy atom. The van der Waals surface area contributed by atoms with E-state index in [0.717, 1.165) is 57.8 Å². The number of quaternary nitrogens is 1. The van der Waals surface area contributed by atoms with Crippen LogP contribution in [0.2, 0.25) is 0 Å². The van der Waals surface area contributed by atoms with Gasteiger partial charge >= 0.3 is 11.9 Å². The van der Waals surface area contributed by atoms with Gasteiger partial charge in [-0.15, -0.1) is 0 Å². The lowest BCUT2D eigenvalue weighted by atomic mass is 10.1. The molecule has 0 aromatic heterocycles. The van der Waals surface area contributed by atoms with Crippen molar-refractivity contribution in [1.29, 1.82) is 0 Å². The molecule has 0 amide bonds. The zero-order valence-corrected chi connectivity index (χ0v) is 22.9. The Bertz CT molecular complexity index is 594. The maximum Gasteiger partial charge on any atom is 0.306 e. The summed E-state index contributed by atoms with van der Waals surface area (Å²) >= 11 is 0. The van der Waals surface area contributed by atoms with Crippen molar-refractivity contribution in [3.63, 3.8) is 0 Å². The van der Waals surface area contributed by atoms with Crippen LogP contribution in [0.4, 0.5) is 0 Å². The Hall–Kier alpha value is -0.990. The molecule has 2 atom stereocenters. The fourth-order valence-electron chi connectivity index (χ4n) is 3.00. The van der Waals surface area contributed by atoms with Gasteiger partial charge in [-0.3, -0.25) is 14.2 Å². The van der Waals surface area contributed by atoms with Gasteiger partial charge in [-0.05, 0) is 12.8 Å². The summed E-state index contributed by atoms with van der Waals surface area (Å²) in [6.45, 7) is 3.97. The Morgan fingerprint density at radius 3 is 1.85 bits per heavy atom. The van der Waals surface area contributed by atoms with E-state index in [-0.39, 0.29) is 26.1 Å². The highest BCUT2D eigenvalue weighted by molar-refractivity contribution is 7.45. The average Bonchev–Trinajstić information content (AvgIpc) is 2.74. The Labute approximate surface area is 206 Å². The molecule has 0 rings (SSSR count). The first-order valence-electron chi connectivity index (χ1n) is 12.7. The molecule has 0 bridgehead atoms. The second-order valence-electron chi connectivity index (χ2n) is 9.71. The van der Waals surface area contributed by atoms with Crippen molar-refractivity contribution in [3.05, 3.63) is 0 Å². The first-order chi connectivity index (χ1) is 16.0. The molecule has 0 heterocycles. The molecule has 0 spiro atoms. The van der Waals surface area contributed by atoms with Gasteiger partial charge in [-0.2, -0.15) is 0 Å². The maximum absolute atomic E-state index is 12.2. The summed E-state index contributed by atoms with van der Waals surface area (Å²) in [7, 11) is 1.16. The van der Waals surface area contributed by atoms with Crippen LogP contribution in [0, 0.1) is 0 Å². The van der Waals surface area contributed by atoms with E-state index in [1.165, 1.54) is 0 Å². The molecule has 0 fully saturated rings. The van der Waals surface area contributed by atoms with Gasteiger partial charge in [0.15, 0.2) is 6.10 Å². The monoisotopic (exact) mass is 509 g/mol. The van der Waals surface area contributed by atoms with Crippen molar-refractivity contribution < 1.29 is 42.1 Å². The van der Waals surface area contributed by atoms with Crippen LogP contribution in [0.5, 0.6) is 0 Å². The SMILES string of the molecule is CCCCCCCC(=O)OC[C@H](COP(=O)([O-])OCC[N+](C)(C)C)OC(=O)CCCCCCC. The highest BCUT2D eigenvalue weighted by atomic mass is 31.2. The van der Waals surface area contributed by atoms with Crippen LogP contribution in [0.1, 0.15) is 90.9 Å². The van der Waals surface area contributed by atoms with Crippen LogP contribution in [0.3, 0.4) is 0 Å². The molecule has 34 heavy (non-hydrogen) atoms. The smallest absolute Gasteiger partial charge is 0.306 e. The van der Waals surface area contributed by atoms with Crippen molar-refractivity contribution in [2.45, 2.75) is 97.0 Å². The largest absolute Gasteiger partial charge is 0.756 e. The summed E-state index contributed by atoms with van der Waals surface area (Å²) in [6.07, 6.45) is 9.39. The number of esters is 2. The van der Waals surface area contributed by atoms with Crippen LogP contribution in [-0.4, -0.2) is 70.0 Å². The number of rotatable bonds is 22. The van der Waals surface area contributed by atoms with Gasteiger partial charge in [0.05, 0.1) is 27.7 Å². The highest BCUT2D eigenvalue weighted by Crippen LogP contribution is 2.38. The summed E-state index contributed by atoms with van der Waals surface area (Å²) in [5, 5.41) is 0. The molecule has 9 nitrogen and oxygen atoms in total. The number of unbranched alkanes of at least 4 members (excludes halogenated alkanes) is 8. The van der Waals surface area contributed by atoms with E-state index in [9.17, 15) is 19.0 Å². The van der Waals surface area contributed by atoms with Crippen molar-refractivity contribution >= 4 is 19.8 Å². The molecule has 1 unspecified atom stereocenters. The van der Waals surface area contributed by atoms with Gasteiger partial charge in [0.25, 0.3) is 7.82 Å². The van der Waals surface area contributed by atoms with Crippen LogP contribution in [-0.2, 0) is 32.7 Å². The number of hydrogen-bond acceptors (Lipinski definition) is 8. The van der Waals surface area contributed by atoms with Crippen molar-refractivity contribution in [1.82, 2.24) is 0 Å². The number of carbonyl (C=O) groups is 2. The Balaban J connectivity index is 4.62. The molecule has 0 aliphatic carbocycles. The third kappa shape index (κ3) is 21.5. The average molecular weight is 510 g/mol. The summed E-state index contributed by atoms with van der Waals surface area (Å²) in [6, 6.07) is 0. The highest BCUT2D eigenvalue weighted by Gasteiger charge is 2.21. The fourth-order valence-corrected chi connectivity index (χ4v) is 3.73. The van der Waals surface area contributed by atoms with E-state index in [4.69, 9.17) is 18.5 Å². The molecule has 0 aliphatic rings.